The Kier molecular flexibility index (Phi) is 7.97. The van der Waals surface area contributed by atoms with E-state index < -0.39 is 59.7 Å². The maximum absolute atomic E-state index is 13.9. The molecule has 1 atom stereocenters. The number of carbonyl (C=O) groups is 2. The number of hydrogen-bond acceptors (Lipinski definition) is 6. The Bertz CT molecular complexity index is 669. The molecule has 0 radical (unpaired) electrons. The van der Waals surface area contributed by atoms with E-state index in [0.29, 0.717) is 0 Å². The number of methoxy groups -OCH3 is 3. The number of allylic oxidation sites excluding steroid dienone is 1. The molecule has 0 fully saturated rings. The van der Waals surface area contributed by atoms with Crippen molar-refractivity contribution in [1.29, 1.82) is 0 Å². The van der Waals surface area contributed by atoms with E-state index in [1.165, 1.54) is 0 Å². The van der Waals surface area contributed by atoms with Gasteiger partial charge < -0.3 is 19.1 Å². The zero-order valence-corrected chi connectivity index (χ0v) is 16.0. The number of halogens is 5. The molecule has 0 aromatic heterocycles. The molecular formula is C17H22F5NO5. The summed E-state index contributed by atoms with van der Waals surface area (Å²) in [5.41, 5.74) is -3.41. The molecule has 0 saturated heterocycles. The fraction of sp³-hybridized carbons (Fsp3) is 0.647. The maximum atomic E-state index is 13.9. The topological polar surface area (TPSA) is 65.1 Å². The normalized spacial score (nSPS) is 18.3. The molecule has 0 bridgehead atoms. The number of ether oxygens (including phenoxy) is 3. The van der Waals surface area contributed by atoms with Crippen molar-refractivity contribution in [2.75, 3.05) is 28.1 Å². The highest BCUT2D eigenvalue weighted by Crippen LogP contribution is 2.44. The van der Waals surface area contributed by atoms with Crippen molar-refractivity contribution in [3.63, 3.8) is 0 Å². The van der Waals surface area contributed by atoms with Crippen LogP contribution in [0.25, 0.3) is 0 Å². The Morgan fingerprint density at radius 1 is 1.07 bits per heavy atom. The third-order valence-electron chi connectivity index (χ3n) is 3.97. The fourth-order valence-electron chi connectivity index (χ4n) is 3.05. The second kappa shape index (κ2) is 9.35. The average Bonchev–Trinajstić information content (AvgIpc) is 2.58. The molecule has 0 amide bonds. The van der Waals surface area contributed by atoms with Crippen LogP contribution in [0.3, 0.4) is 0 Å². The molecule has 6 nitrogen and oxygen atoms in total. The summed E-state index contributed by atoms with van der Waals surface area (Å²) in [4.78, 5) is 24.7. The fourth-order valence-corrected chi connectivity index (χ4v) is 3.05. The van der Waals surface area contributed by atoms with Gasteiger partial charge in [-0.1, -0.05) is 13.8 Å². The van der Waals surface area contributed by atoms with Crippen LogP contribution in [-0.2, 0) is 23.8 Å². The van der Waals surface area contributed by atoms with Crippen molar-refractivity contribution in [3.8, 4) is 0 Å². The second-order valence-corrected chi connectivity index (χ2v) is 6.37. The van der Waals surface area contributed by atoms with Gasteiger partial charge in [-0.15, -0.1) is 0 Å². The SMILES string of the molecule is COCN1C(C(F)F)=C(C(=O)OC)C(CC(C)C)=C(C(=O)OC)C1C(F)(F)F. The molecule has 0 aliphatic carbocycles. The van der Waals surface area contributed by atoms with Gasteiger partial charge in [-0.05, 0) is 17.9 Å². The number of alkyl halides is 5. The standard InChI is InChI=1S/C17H22F5NO5/c1-8(2)6-9-10(15(24)27-4)12(14(18)19)23(7-26-3)13(17(20,21)22)11(9)16(25)28-5/h8,13-14H,6-7H2,1-5H3. The third kappa shape index (κ3) is 4.81. The summed E-state index contributed by atoms with van der Waals surface area (Å²) in [6, 6.07) is -2.77. The van der Waals surface area contributed by atoms with Crippen LogP contribution in [0.4, 0.5) is 22.0 Å². The predicted octanol–water partition coefficient (Wildman–Crippen LogP) is 3.04. The smallest absolute Gasteiger partial charge is 0.413 e. The molecule has 1 rings (SSSR count). The quantitative estimate of drug-likeness (QED) is 0.471. The summed E-state index contributed by atoms with van der Waals surface area (Å²) < 4.78 is 83.1. The van der Waals surface area contributed by atoms with Gasteiger partial charge in [0.05, 0.1) is 31.1 Å². The minimum Gasteiger partial charge on any atom is -0.466 e. The lowest BCUT2D eigenvalue weighted by Crippen LogP contribution is -2.53. The van der Waals surface area contributed by atoms with E-state index >= 15 is 0 Å². The summed E-state index contributed by atoms with van der Waals surface area (Å²) in [5, 5.41) is 0. The molecule has 0 spiro atoms. The van der Waals surface area contributed by atoms with E-state index in [-0.39, 0.29) is 17.2 Å². The zero-order valence-electron chi connectivity index (χ0n) is 16.0. The van der Waals surface area contributed by atoms with Gasteiger partial charge in [0.2, 0.25) is 0 Å². The molecule has 11 heteroatoms. The van der Waals surface area contributed by atoms with Crippen LogP contribution in [0.1, 0.15) is 20.3 Å². The lowest BCUT2D eigenvalue weighted by Gasteiger charge is -2.41. The molecule has 0 N–H and O–H groups in total. The van der Waals surface area contributed by atoms with Crippen molar-refractivity contribution in [1.82, 2.24) is 4.90 Å². The monoisotopic (exact) mass is 415 g/mol. The molecule has 0 aromatic carbocycles. The van der Waals surface area contributed by atoms with Crippen LogP contribution < -0.4 is 0 Å². The molecule has 1 aliphatic heterocycles. The van der Waals surface area contributed by atoms with Gasteiger partial charge >= 0.3 is 18.1 Å². The van der Waals surface area contributed by atoms with E-state index in [9.17, 15) is 31.5 Å². The number of carbonyl (C=O) groups excluding carboxylic acids is 2. The summed E-state index contributed by atoms with van der Waals surface area (Å²) in [6.07, 6.45) is -8.85. The number of nitrogens with zero attached hydrogens (tertiary/aromatic N) is 1. The van der Waals surface area contributed by atoms with Crippen LogP contribution in [-0.4, -0.2) is 63.5 Å². The first-order valence-corrected chi connectivity index (χ1v) is 8.16. The molecule has 1 unspecified atom stereocenters. The average molecular weight is 415 g/mol. The van der Waals surface area contributed by atoms with Crippen molar-refractivity contribution in [3.05, 3.63) is 22.4 Å². The van der Waals surface area contributed by atoms with Crippen molar-refractivity contribution in [2.45, 2.75) is 38.9 Å². The van der Waals surface area contributed by atoms with Gasteiger partial charge in [-0.2, -0.15) is 13.2 Å². The summed E-state index contributed by atoms with van der Waals surface area (Å²) in [5.74, 6) is -3.03. The van der Waals surface area contributed by atoms with Crippen LogP contribution in [0.5, 0.6) is 0 Å². The highest BCUT2D eigenvalue weighted by atomic mass is 19.4. The molecule has 1 heterocycles. The Morgan fingerprint density at radius 2 is 1.61 bits per heavy atom. The Balaban J connectivity index is 4.05. The minimum absolute atomic E-state index is 0.146. The van der Waals surface area contributed by atoms with Gasteiger partial charge in [-0.25, -0.2) is 18.4 Å². The predicted molar refractivity (Wildman–Crippen MR) is 87.1 cm³/mol. The van der Waals surface area contributed by atoms with E-state index in [4.69, 9.17) is 0 Å². The van der Waals surface area contributed by atoms with E-state index in [2.05, 4.69) is 14.2 Å². The highest BCUT2D eigenvalue weighted by Gasteiger charge is 2.55. The molecule has 0 aromatic rings. The van der Waals surface area contributed by atoms with Crippen LogP contribution >= 0.6 is 0 Å². The summed E-state index contributed by atoms with van der Waals surface area (Å²) >= 11 is 0. The zero-order chi connectivity index (χ0) is 21.8. The molecule has 160 valence electrons. The second-order valence-electron chi connectivity index (χ2n) is 6.37. The largest absolute Gasteiger partial charge is 0.466 e. The van der Waals surface area contributed by atoms with Crippen molar-refractivity contribution in [2.24, 2.45) is 5.92 Å². The van der Waals surface area contributed by atoms with Crippen LogP contribution in [0.2, 0.25) is 0 Å². The van der Waals surface area contributed by atoms with E-state index in [1.807, 2.05) is 0 Å². The first-order chi connectivity index (χ1) is 12.9. The summed E-state index contributed by atoms with van der Waals surface area (Å²) in [6.45, 7) is 2.26. The lowest BCUT2D eigenvalue weighted by atomic mass is 9.83. The molecule has 1 aliphatic rings. The van der Waals surface area contributed by atoms with Crippen molar-refractivity contribution < 1.29 is 45.8 Å². The molecule has 0 saturated carbocycles. The minimum atomic E-state index is -5.13. The van der Waals surface area contributed by atoms with Gasteiger partial charge in [0.1, 0.15) is 6.73 Å². The van der Waals surface area contributed by atoms with Crippen molar-refractivity contribution >= 4 is 11.9 Å². The van der Waals surface area contributed by atoms with E-state index in [1.54, 1.807) is 13.8 Å². The summed E-state index contributed by atoms with van der Waals surface area (Å²) in [7, 11) is 2.76. The lowest BCUT2D eigenvalue weighted by molar-refractivity contribution is -0.185. The van der Waals surface area contributed by atoms with Gasteiger partial charge in [0.15, 0.2) is 6.04 Å². The van der Waals surface area contributed by atoms with Crippen LogP contribution in [0.15, 0.2) is 22.4 Å². The van der Waals surface area contributed by atoms with E-state index in [0.717, 1.165) is 21.3 Å². The first-order valence-electron chi connectivity index (χ1n) is 8.16. The Labute approximate surface area is 158 Å². The number of esters is 2. The molecule has 28 heavy (non-hydrogen) atoms. The maximum Gasteiger partial charge on any atom is 0.413 e. The third-order valence-corrected chi connectivity index (χ3v) is 3.97. The molecular weight excluding hydrogens is 393 g/mol. The van der Waals surface area contributed by atoms with Crippen LogP contribution in [0, 0.1) is 5.92 Å². The Morgan fingerprint density at radius 3 is 1.96 bits per heavy atom. The number of hydrogen-bond donors (Lipinski definition) is 0. The number of rotatable bonds is 7. The first kappa shape index (κ1) is 23.9. The van der Waals surface area contributed by atoms with Gasteiger partial charge in [0, 0.05) is 7.11 Å². The highest BCUT2D eigenvalue weighted by molar-refractivity contribution is 6.01. The van der Waals surface area contributed by atoms with Gasteiger partial charge in [0.25, 0.3) is 6.43 Å². The van der Waals surface area contributed by atoms with Gasteiger partial charge in [-0.3, -0.25) is 0 Å². The Hall–Kier alpha value is -2.17.